The maximum Gasteiger partial charge on any atom is 0.0702 e. The van der Waals surface area contributed by atoms with E-state index in [4.69, 9.17) is 15.6 Å². The summed E-state index contributed by atoms with van der Waals surface area (Å²) in [4.78, 5) is 2.51. The Morgan fingerprint density at radius 2 is 2.21 bits per heavy atom. The summed E-state index contributed by atoms with van der Waals surface area (Å²) in [5.74, 6) is 0. The van der Waals surface area contributed by atoms with Crippen LogP contribution in [0, 0.1) is 0 Å². The van der Waals surface area contributed by atoms with Crippen molar-refractivity contribution in [1.29, 1.82) is 0 Å². The molecular formula is C15H32N2O2. The summed E-state index contributed by atoms with van der Waals surface area (Å²) in [5, 5.41) is 9.11. The van der Waals surface area contributed by atoms with Gasteiger partial charge in [0.1, 0.15) is 0 Å². The molecule has 0 aromatic carbocycles. The molecule has 3 N–H and O–H groups in total. The van der Waals surface area contributed by atoms with Gasteiger partial charge in [-0.05, 0) is 52.1 Å². The molecule has 0 aromatic rings. The predicted molar refractivity (Wildman–Crippen MR) is 79.2 cm³/mol. The SMILES string of the molecule is CCCOC1CCCN(CCCCC(C)(N)CO)C1. The second kappa shape index (κ2) is 8.90. The van der Waals surface area contributed by atoms with Crippen molar-refractivity contribution in [3.05, 3.63) is 0 Å². The lowest BCUT2D eigenvalue weighted by Gasteiger charge is -2.32. The molecule has 2 atom stereocenters. The van der Waals surface area contributed by atoms with Crippen LogP contribution in [0.2, 0.25) is 0 Å². The second-order valence-corrected chi connectivity index (χ2v) is 6.20. The first-order chi connectivity index (χ1) is 9.07. The highest BCUT2D eigenvalue weighted by Crippen LogP contribution is 2.15. The maximum atomic E-state index is 9.11. The van der Waals surface area contributed by atoms with Crippen molar-refractivity contribution in [3.8, 4) is 0 Å². The van der Waals surface area contributed by atoms with E-state index in [1.807, 2.05) is 6.92 Å². The topological polar surface area (TPSA) is 58.7 Å². The van der Waals surface area contributed by atoms with E-state index in [-0.39, 0.29) is 6.61 Å². The van der Waals surface area contributed by atoms with Crippen LogP contribution in [0.25, 0.3) is 0 Å². The summed E-state index contributed by atoms with van der Waals surface area (Å²) in [6.07, 6.45) is 7.14. The molecule has 0 bridgehead atoms. The average Bonchev–Trinajstić information content (AvgIpc) is 2.42. The van der Waals surface area contributed by atoms with Crippen molar-refractivity contribution in [2.45, 2.75) is 64.0 Å². The van der Waals surface area contributed by atoms with E-state index in [2.05, 4.69) is 11.8 Å². The van der Waals surface area contributed by atoms with E-state index in [1.165, 1.54) is 19.4 Å². The van der Waals surface area contributed by atoms with Crippen LogP contribution in [0.4, 0.5) is 0 Å². The molecule has 2 unspecified atom stereocenters. The van der Waals surface area contributed by atoms with Crippen LogP contribution >= 0.6 is 0 Å². The number of likely N-dealkylation sites (tertiary alicyclic amines) is 1. The number of nitrogens with zero attached hydrogens (tertiary/aromatic N) is 1. The third kappa shape index (κ3) is 7.25. The number of piperidine rings is 1. The highest BCUT2D eigenvalue weighted by atomic mass is 16.5. The Labute approximate surface area is 118 Å². The van der Waals surface area contributed by atoms with Gasteiger partial charge in [-0.25, -0.2) is 0 Å². The quantitative estimate of drug-likeness (QED) is 0.628. The number of rotatable bonds is 9. The van der Waals surface area contributed by atoms with Gasteiger partial charge in [0, 0.05) is 18.7 Å². The molecule has 1 saturated heterocycles. The zero-order chi connectivity index (χ0) is 14.1. The van der Waals surface area contributed by atoms with Crippen LogP contribution in [0.5, 0.6) is 0 Å². The summed E-state index contributed by atoms with van der Waals surface area (Å²) in [6, 6.07) is 0. The maximum absolute atomic E-state index is 9.11. The van der Waals surface area contributed by atoms with Crippen LogP contribution in [0.15, 0.2) is 0 Å². The van der Waals surface area contributed by atoms with Crippen LogP contribution in [0.3, 0.4) is 0 Å². The van der Waals surface area contributed by atoms with Crippen molar-refractivity contribution in [3.63, 3.8) is 0 Å². The average molecular weight is 272 g/mol. The molecule has 114 valence electrons. The lowest BCUT2D eigenvalue weighted by atomic mass is 9.97. The summed E-state index contributed by atoms with van der Waals surface area (Å²) in [5.41, 5.74) is 5.52. The number of nitrogens with two attached hydrogens (primary N) is 1. The number of ether oxygens (including phenoxy) is 1. The molecule has 19 heavy (non-hydrogen) atoms. The third-order valence-electron chi connectivity index (χ3n) is 3.85. The van der Waals surface area contributed by atoms with E-state index in [0.717, 1.165) is 45.4 Å². The van der Waals surface area contributed by atoms with Gasteiger partial charge in [0.15, 0.2) is 0 Å². The minimum absolute atomic E-state index is 0.0731. The van der Waals surface area contributed by atoms with Crippen LogP contribution in [-0.2, 0) is 4.74 Å². The first-order valence-electron chi connectivity index (χ1n) is 7.81. The predicted octanol–water partition coefficient (Wildman–Crippen LogP) is 1.76. The molecule has 0 radical (unpaired) electrons. The molecular weight excluding hydrogens is 240 g/mol. The van der Waals surface area contributed by atoms with Crippen LogP contribution < -0.4 is 5.73 Å². The van der Waals surface area contributed by atoms with Gasteiger partial charge < -0.3 is 20.5 Å². The minimum Gasteiger partial charge on any atom is -0.394 e. The van der Waals surface area contributed by atoms with Gasteiger partial charge in [-0.15, -0.1) is 0 Å². The highest BCUT2D eigenvalue weighted by molar-refractivity contribution is 4.78. The molecule has 1 fully saturated rings. The second-order valence-electron chi connectivity index (χ2n) is 6.20. The van der Waals surface area contributed by atoms with Crippen molar-refractivity contribution in [2.75, 3.05) is 32.8 Å². The Morgan fingerprint density at radius 1 is 1.42 bits per heavy atom. The van der Waals surface area contributed by atoms with Gasteiger partial charge in [0.2, 0.25) is 0 Å². The van der Waals surface area contributed by atoms with Crippen LogP contribution in [0.1, 0.15) is 52.4 Å². The van der Waals surface area contributed by atoms with Gasteiger partial charge >= 0.3 is 0 Å². The van der Waals surface area contributed by atoms with Crippen molar-refractivity contribution in [2.24, 2.45) is 5.73 Å². The molecule has 1 aliphatic rings. The monoisotopic (exact) mass is 272 g/mol. The summed E-state index contributed by atoms with van der Waals surface area (Å²) in [7, 11) is 0. The van der Waals surface area contributed by atoms with E-state index < -0.39 is 5.54 Å². The van der Waals surface area contributed by atoms with E-state index in [1.54, 1.807) is 0 Å². The lowest BCUT2D eigenvalue weighted by molar-refractivity contribution is -0.000478. The minimum atomic E-state index is -0.408. The van der Waals surface area contributed by atoms with Gasteiger partial charge in [-0.1, -0.05) is 13.3 Å². The van der Waals surface area contributed by atoms with Crippen molar-refractivity contribution in [1.82, 2.24) is 4.90 Å². The molecule has 1 aliphatic heterocycles. The number of hydrogen-bond acceptors (Lipinski definition) is 4. The Morgan fingerprint density at radius 3 is 2.89 bits per heavy atom. The molecule has 0 amide bonds. The van der Waals surface area contributed by atoms with Crippen LogP contribution in [-0.4, -0.2) is 54.5 Å². The number of hydrogen-bond donors (Lipinski definition) is 2. The molecule has 0 saturated carbocycles. The molecule has 4 nitrogen and oxygen atoms in total. The Kier molecular flexibility index (Phi) is 7.91. The van der Waals surface area contributed by atoms with E-state index >= 15 is 0 Å². The number of aliphatic hydroxyl groups excluding tert-OH is 1. The fourth-order valence-electron chi connectivity index (χ4n) is 2.58. The van der Waals surface area contributed by atoms with Crippen molar-refractivity contribution < 1.29 is 9.84 Å². The number of unbranched alkanes of at least 4 members (excludes halogenated alkanes) is 1. The standard InChI is InChI=1S/C15H32N2O2/c1-3-11-19-14-7-6-10-17(12-14)9-5-4-8-15(2,16)13-18/h14,18H,3-13,16H2,1-2H3. The molecule has 0 aliphatic carbocycles. The van der Waals surface area contributed by atoms with E-state index in [9.17, 15) is 0 Å². The fraction of sp³-hybridized carbons (Fsp3) is 1.00. The molecule has 0 aromatic heterocycles. The van der Waals surface area contributed by atoms with Gasteiger partial charge in [0.25, 0.3) is 0 Å². The van der Waals surface area contributed by atoms with Crippen molar-refractivity contribution >= 4 is 0 Å². The number of aliphatic hydroxyl groups is 1. The van der Waals surface area contributed by atoms with Gasteiger partial charge in [0.05, 0.1) is 12.7 Å². The summed E-state index contributed by atoms with van der Waals surface area (Å²) in [6.45, 7) is 8.46. The molecule has 1 rings (SSSR count). The third-order valence-corrected chi connectivity index (χ3v) is 3.85. The fourth-order valence-corrected chi connectivity index (χ4v) is 2.58. The van der Waals surface area contributed by atoms with E-state index in [0.29, 0.717) is 6.10 Å². The zero-order valence-corrected chi connectivity index (χ0v) is 12.7. The summed E-state index contributed by atoms with van der Waals surface area (Å²) >= 11 is 0. The normalized spacial score (nSPS) is 24.3. The summed E-state index contributed by atoms with van der Waals surface area (Å²) < 4.78 is 5.85. The molecule has 4 heteroatoms. The molecule has 1 heterocycles. The van der Waals surface area contributed by atoms with Gasteiger partial charge in [-0.2, -0.15) is 0 Å². The smallest absolute Gasteiger partial charge is 0.0702 e. The van der Waals surface area contributed by atoms with Gasteiger partial charge in [-0.3, -0.25) is 0 Å². The first-order valence-corrected chi connectivity index (χ1v) is 7.81. The Hall–Kier alpha value is -0.160. The Bertz CT molecular complexity index is 234. The molecule has 0 spiro atoms. The lowest BCUT2D eigenvalue weighted by Crippen LogP contribution is -2.41. The zero-order valence-electron chi connectivity index (χ0n) is 12.7. The Balaban J connectivity index is 2.12. The highest BCUT2D eigenvalue weighted by Gasteiger charge is 2.20. The first kappa shape index (κ1) is 16.9. The largest absolute Gasteiger partial charge is 0.394 e.